The SMILES string of the molecule is NCc1ccccc1.O=C=NCc1ccccc1. The highest BCUT2D eigenvalue weighted by atomic mass is 16.1. The number of isocyanates is 1. The van der Waals surface area contributed by atoms with Crippen LogP contribution in [0.4, 0.5) is 0 Å². The topological polar surface area (TPSA) is 55.5 Å². The normalized spacial score (nSPS) is 8.72. The lowest BCUT2D eigenvalue weighted by Crippen LogP contribution is -1.94. The Morgan fingerprint density at radius 1 is 0.889 bits per heavy atom. The average Bonchev–Trinajstić information content (AvgIpc) is 2.48. The van der Waals surface area contributed by atoms with Crippen molar-refractivity contribution in [3.8, 4) is 0 Å². The fourth-order valence-corrected chi connectivity index (χ4v) is 1.32. The Morgan fingerprint density at radius 2 is 1.39 bits per heavy atom. The Kier molecular flexibility index (Phi) is 6.83. The van der Waals surface area contributed by atoms with Crippen molar-refractivity contribution < 1.29 is 4.79 Å². The summed E-state index contributed by atoms with van der Waals surface area (Å²) in [5, 5.41) is 0. The van der Waals surface area contributed by atoms with Gasteiger partial charge in [-0.3, -0.25) is 0 Å². The highest BCUT2D eigenvalue weighted by molar-refractivity contribution is 5.33. The van der Waals surface area contributed by atoms with E-state index in [-0.39, 0.29) is 0 Å². The Morgan fingerprint density at radius 3 is 1.78 bits per heavy atom. The van der Waals surface area contributed by atoms with Crippen molar-refractivity contribution in [2.24, 2.45) is 10.7 Å². The molecular weight excluding hydrogens is 224 g/mol. The van der Waals surface area contributed by atoms with Crippen LogP contribution < -0.4 is 5.73 Å². The zero-order valence-electron chi connectivity index (χ0n) is 10.1. The minimum Gasteiger partial charge on any atom is -0.326 e. The van der Waals surface area contributed by atoms with Gasteiger partial charge >= 0.3 is 0 Å². The summed E-state index contributed by atoms with van der Waals surface area (Å²) in [5.74, 6) is 0. The van der Waals surface area contributed by atoms with E-state index in [9.17, 15) is 4.79 Å². The van der Waals surface area contributed by atoms with E-state index in [2.05, 4.69) is 4.99 Å². The molecule has 0 saturated carbocycles. The molecule has 0 atom stereocenters. The molecule has 0 spiro atoms. The lowest BCUT2D eigenvalue weighted by atomic mass is 10.2. The van der Waals surface area contributed by atoms with E-state index >= 15 is 0 Å². The molecule has 2 N–H and O–H groups in total. The Hall–Kier alpha value is -2.22. The molecule has 0 aliphatic rings. The number of hydrogen-bond donors (Lipinski definition) is 1. The van der Waals surface area contributed by atoms with Gasteiger partial charge in [0.15, 0.2) is 0 Å². The molecule has 0 aliphatic carbocycles. The first-order valence-corrected chi connectivity index (χ1v) is 5.68. The first kappa shape index (κ1) is 13.8. The van der Waals surface area contributed by atoms with E-state index in [1.54, 1.807) is 0 Å². The van der Waals surface area contributed by atoms with Crippen LogP contribution in [0.3, 0.4) is 0 Å². The Labute approximate surface area is 107 Å². The lowest BCUT2D eigenvalue weighted by Gasteiger charge is -1.90. The molecule has 2 aromatic rings. The minimum atomic E-state index is 0.435. The van der Waals surface area contributed by atoms with Gasteiger partial charge in [0.1, 0.15) is 0 Å². The average molecular weight is 240 g/mol. The third-order valence-electron chi connectivity index (χ3n) is 2.25. The van der Waals surface area contributed by atoms with Crippen LogP contribution in [0.5, 0.6) is 0 Å². The molecular formula is C15H16N2O. The van der Waals surface area contributed by atoms with E-state index in [1.165, 1.54) is 11.6 Å². The summed E-state index contributed by atoms with van der Waals surface area (Å²) in [6, 6.07) is 19.6. The maximum Gasteiger partial charge on any atom is 0.235 e. The second-order valence-electron chi connectivity index (χ2n) is 3.58. The fraction of sp³-hybridized carbons (Fsp3) is 0.133. The van der Waals surface area contributed by atoms with Crippen LogP contribution >= 0.6 is 0 Å². The van der Waals surface area contributed by atoms with E-state index < -0.39 is 0 Å². The van der Waals surface area contributed by atoms with Crippen LogP contribution in [0.1, 0.15) is 11.1 Å². The van der Waals surface area contributed by atoms with Crippen LogP contribution in [-0.4, -0.2) is 6.08 Å². The van der Waals surface area contributed by atoms with Crippen molar-refractivity contribution in [1.29, 1.82) is 0 Å². The van der Waals surface area contributed by atoms with Crippen LogP contribution in [0.2, 0.25) is 0 Å². The summed E-state index contributed by atoms with van der Waals surface area (Å²) >= 11 is 0. The van der Waals surface area contributed by atoms with Crippen molar-refractivity contribution in [3.05, 3.63) is 71.8 Å². The molecule has 0 fully saturated rings. The molecule has 2 rings (SSSR count). The monoisotopic (exact) mass is 240 g/mol. The zero-order chi connectivity index (χ0) is 13.1. The van der Waals surface area contributed by atoms with Gasteiger partial charge in [0.25, 0.3) is 0 Å². The van der Waals surface area contributed by atoms with E-state index in [4.69, 9.17) is 5.73 Å². The standard InChI is InChI=1S/C8H7NO.C7H9N/c10-7-9-6-8-4-2-1-3-5-8;8-6-7-4-2-1-3-5-7/h1-5H,6H2;1-5H,6,8H2. The number of carbonyl (C=O) groups excluding carboxylic acids is 1. The molecule has 3 nitrogen and oxygen atoms in total. The Bertz CT molecular complexity index is 476. The predicted octanol–water partition coefficient (Wildman–Crippen LogP) is 2.67. The molecule has 0 radical (unpaired) electrons. The number of rotatable bonds is 3. The number of aliphatic imine (C=N–C) groups is 1. The summed E-state index contributed by atoms with van der Waals surface area (Å²) in [6.45, 7) is 1.07. The van der Waals surface area contributed by atoms with Gasteiger partial charge in [0, 0.05) is 6.54 Å². The molecule has 0 unspecified atom stereocenters. The maximum atomic E-state index is 9.69. The number of nitrogens with zero attached hydrogens (tertiary/aromatic N) is 1. The lowest BCUT2D eigenvalue weighted by molar-refractivity contribution is 0.563. The van der Waals surface area contributed by atoms with Crippen molar-refractivity contribution in [2.45, 2.75) is 13.1 Å². The van der Waals surface area contributed by atoms with Gasteiger partial charge in [-0.25, -0.2) is 9.79 Å². The fourth-order valence-electron chi connectivity index (χ4n) is 1.32. The van der Waals surface area contributed by atoms with Crippen LogP contribution in [0.25, 0.3) is 0 Å². The van der Waals surface area contributed by atoms with Gasteiger partial charge in [0.05, 0.1) is 6.54 Å². The molecule has 0 saturated heterocycles. The summed E-state index contributed by atoms with van der Waals surface area (Å²) < 4.78 is 0. The third-order valence-corrected chi connectivity index (χ3v) is 2.25. The molecule has 3 heteroatoms. The second kappa shape index (κ2) is 8.88. The van der Waals surface area contributed by atoms with Crippen molar-refractivity contribution in [3.63, 3.8) is 0 Å². The third kappa shape index (κ3) is 5.75. The van der Waals surface area contributed by atoms with Crippen molar-refractivity contribution in [1.82, 2.24) is 0 Å². The molecule has 92 valence electrons. The van der Waals surface area contributed by atoms with Crippen molar-refractivity contribution in [2.75, 3.05) is 0 Å². The maximum absolute atomic E-state index is 9.69. The van der Waals surface area contributed by atoms with Gasteiger partial charge in [-0.15, -0.1) is 0 Å². The van der Waals surface area contributed by atoms with Crippen LogP contribution in [0, 0.1) is 0 Å². The smallest absolute Gasteiger partial charge is 0.235 e. The summed E-state index contributed by atoms with van der Waals surface area (Å²) in [7, 11) is 0. The van der Waals surface area contributed by atoms with Gasteiger partial charge in [-0.2, -0.15) is 0 Å². The van der Waals surface area contributed by atoms with Gasteiger partial charge in [-0.05, 0) is 11.1 Å². The molecule has 2 aromatic carbocycles. The van der Waals surface area contributed by atoms with Crippen LogP contribution in [-0.2, 0) is 17.9 Å². The van der Waals surface area contributed by atoms with Gasteiger partial charge < -0.3 is 5.73 Å². The second-order valence-corrected chi connectivity index (χ2v) is 3.58. The van der Waals surface area contributed by atoms with Gasteiger partial charge in [-0.1, -0.05) is 60.7 Å². The minimum absolute atomic E-state index is 0.435. The van der Waals surface area contributed by atoms with Crippen LogP contribution in [0.15, 0.2) is 65.7 Å². The van der Waals surface area contributed by atoms with E-state index in [0.717, 1.165) is 5.56 Å². The summed E-state index contributed by atoms with van der Waals surface area (Å²) in [5.41, 5.74) is 7.57. The highest BCUT2D eigenvalue weighted by Gasteiger charge is 1.84. The molecule has 18 heavy (non-hydrogen) atoms. The van der Waals surface area contributed by atoms with E-state index in [0.29, 0.717) is 13.1 Å². The molecule has 0 amide bonds. The number of benzene rings is 2. The van der Waals surface area contributed by atoms with Crippen molar-refractivity contribution >= 4 is 6.08 Å². The predicted molar refractivity (Wildman–Crippen MR) is 72.6 cm³/mol. The summed E-state index contributed by atoms with van der Waals surface area (Å²) in [4.78, 5) is 13.1. The number of hydrogen-bond acceptors (Lipinski definition) is 3. The number of nitrogens with two attached hydrogens (primary N) is 1. The molecule has 0 bridgehead atoms. The Balaban J connectivity index is 0.000000184. The first-order chi connectivity index (χ1) is 8.86. The molecule has 0 aliphatic heterocycles. The first-order valence-electron chi connectivity index (χ1n) is 5.68. The highest BCUT2D eigenvalue weighted by Crippen LogP contribution is 1.98. The van der Waals surface area contributed by atoms with E-state index in [1.807, 2.05) is 60.7 Å². The zero-order valence-corrected chi connectivity index (χ0v) is 10.1. The molecule has 0 heterocycles. The van der Waals surface area contributed by atoms with Gasteiger partial charge in [0.2, 0.25) is 6.08 Å². The quantitative estimate of drug-likeness (QED) is 0.662. The largest absolute Gasteiger partial charge is 0.326 e. The molecule has 0 aromatic heterocycles. The summed E-state index contributed by atoms with van der Waals surface area (Å²) in [6.07, 6.45) is 1.49.